The van der Waals surface area contributed by atoms with Crippen molar-refractivity contribution in [3.05, 3.63) is 47.4 Å². The number of hydrogen-bond donors (Lipinski definition) is 2. The zero-order chi connectivity index (χ0) is 13.7. The molecule has 0 bridgehead atoms. The number of carbonyl (C=O) groups excluding carboxylic acids is 1. The first-order valence-electron chi connectivity index (χ1n) is 5.77. The molecule has 1 heterocycles. The van der Waals surface area contributed by atoms with Gasteiger partial charge in [-0.25, -0.2) is 9.97 Å². The van der Waals surface area contributed by atoms with Crippen LogP contribution in [0.2, 0.25) is 5.28 Å². The Labute approximate surface area is 115 Å². The number of rotatable bonds is 4. The van der Waals surface area contributed by atoms with Gasteiger partial charge in [-0.15, -0.1) is 0 Å². The molecule has 0 fully saturated rings. The molecule has 0 unspecified atom stereocenters. The van der Waals surface area contributed by atoms with Crippen molar-refractivity contribution in [1.82, 2.24) is 9.97 Å². The normalized spacial score (nSPS) is 10.2. The first kappa shape index (κ1) is 13.3. The summed E-state index contributed by atoms with van der Waals surface area (Å²) in [5, 5.41) is 2.76. The molecule has 1 amide bonds. The van der Waals surface area contributed by atoms with Gasteiger partial charge in [0.25, 0.3) is 0 Å². The van der Waals surface area contributed by atoms with Crippen molar-refractivity contribution in [3.8, 4) is 0 Å². The number of nitrogen functional groups attached to an aromatic ring is 1. The van der Waals surface area contributed by atoms with E-state index in [1.54, 1.807) is 6.07 Å². The Morgan fingerprint density at radius 3 is 2.84 bits per heavy atom. The van der Waals surface area contributed by atoms with Gasteiger partial charge in [0.15, 0.2) is 0 Å². The Balaban J connectivity index is 1.90. The van der Waals surface area contributed by atoms with E-state index in [0.717, 1.165) is 5.56 Å². The Bertz CT molecular complexity index is 588. The summed E-state index contributed by atoms with van der Waals surface area (Å²) in [5.41, 5.74) is 7.46. The lowest BCUT2D eigenvalue weighted by Gasteiger charge is -2.06. The minimum Gasteiger partial charge on any atom is -0.399 e. The van der Waals surface area contributed by atoms with Crippen molar-refractivity contribution in [2.45, 2.75) is 12.8 Å². The zero-order valence-corrected chi connectivity index (χ0v) is 10.9. The molecule has 0 saturated heterocycles. The van der Waals surface area contributed by atoms with E-state index in [1.807, 2.05) is 24.3 Å². The zero-order valence-electron chi connectivity index (χ0n) is 10.1. The lowest BCUT2D eigenvalue weighted by molar-refractivity contribution is -0.116. The monoisotopic (exact) mass is 276 g/mol. The third-order valence-corrected chi connectivity index (χ3v) is 2.75. The number of aromatic nitrogens is 2. The van der Waals surface area contributed by atoms with Gasteiger partial charge in [-0.3, -0.25) is 4.79 Å². The molecule has 5 nitrogen and oxygen atoms in total. The minimum absolute atomic E-state index is 0.102. The molecule has 3 N–H and O–H groups in total. The number of nitrogens with two attached hydrogens (primary N) is 1. The smallest absolute Gasteiger partial charge is 0.225 e. The van der Waals surface area contributed by atoms with Crippen LogP contribution in [0.1, 0.15) is 12.0 Å². The maximum absolute atomic E-state index is 11.8. The van der Waals surface area contributed by atoms with E-state index in [0.29, 0.717) is 24.3 Å². The molecule has 2 aromatic rings. The molecular formula is C13H13ClN4O. The molecule has 0 saturated carbocycles. The first-order chi connectivity index (χ1) is 9.15. The number of carbonyl (C=O) groups is 1. The van der Waals surface area contributed by atoms with Crippen LogP contribution in [0.4, 0.5) is 11.5 Å². The fraction of sp³-hybridized carbons (Fsp3) is 0.154. The second kappa shape index (κ2) is 6.15. The molecule has 1 aromatic carbocycles. The highest BCUT2D eigenvalue weighted by molar-refractivity contribution is 6.28. The van der Waals surface area contributed by atoms with Gasteiger partial charge in [0.1, 0.15) is 5.82 Å². The average Bonchev–Trinajstić information content (AvgIpc) is 2.38. The molecule has 0 radical (unpaired) electrons. The van der Waals surface area contributed by atoms with Crippen LogP contribution in [0.15, 0.2) is 36.5 Å². The van der Waals surface area contributed by atoms with E-state index < -0.39 is 0 Å². The Hall–Kier alpha value is -2.14. The fourth-order valence-electron chi connectivity index (χ4n) is 1.62. The van der Waals surface area contributed by atoms with Crippen molar-refractivity contribution in [2.75, 3.05) is 11.1 Å². The summed E-state index contributed by atoms with van der Waals surface area (Å²) in [7, 11) is 0. The van der Waals surface area contributed by atoms with Gasteiger partial charge in [0, 0.05) is 18.3 Å². The van der Waals surface area contributed by atoms with Gasteiger partial charge in [-0.2, -0.15) is 0 Å². The standard InChI is InChI=1S/C13H13ClN4O/c14-13-16-8-7-11(18-13)17-12(19)6-5-9-3-1-2-4-10(9)15/h1-4,7-8H,5-6,15H2,(H,16,17,18,19). The molecular weight excluding hydrogens is 264 g/mol. The first-order valence-corrected chi connectivity index (χ1v) is 6.15. The summed E-state index contributed by atoms with van der Waals surface area (Å²) in [5.74, 6) is 0.254. The Morgan fingerprint density at radius 2 is 2.11 bits per heavy atom. The van der Waals surface area contributed by atoms with Gasteiger partial charge in [0.05, 0.1) is 0 Å². The van der Waals surface area contributed by atoms with Crippen molar-refractivity contribution >= 4 is 29.0 Å². The van der Waals surface area contributed by atoms with Gasteiger partial charge in [-0.05, 0) is 35.7 Å². The van der Waals surface area contributed by atoms with Crippen molar-refractivity contribution in [3.63, 3.8) is 0 Å². The number of para-hydroxylation sites is 1. The van der Waals surface area contributed by atoms with E-state index >= 15 is 0 Å². The highest BCUT2D eigenvalue weighted by Crippen LogP contribution is 2.13. The fourth-order valence-corrected chi connectivity index (χ4v) is 1.77. The van der Waals surface area contributed by atoms with Crippen molar-refractivity contribution in [2.24, 2.45) is 0 Å². The molecule has 98 valence electrons. The van der Waals surface area contributed by atoms with Crippen LogP contribution in [-0.4, -0.2) is 15.9 Å². The average molecular weight is 277 g/mol. The number of benzene rings is 1. The predicted molar refractivity (Wildman–Crippen MR) is 74.8 cm³/mol. The molecule has 0 atom stereocenters. The molecule has 19 heavy (non-hydrogen) atoms. The maximum Gasteiger partial charge on any atom is 0.225 e. The molecule has 0 aliphatic heterocycles. The van der Waals surface area contributed by atoms with Crippen molar-refractivity contribution < 1.29 is 4.79 Å². The number of halogens is 1. The largest absolute Gasteiger partial charge is 0.399 e. The molecule has 1 aromatic heterocycles. The quantitative estimate of drug-likeness (QED) is 0.663. The summed E-state index contributed by atoms with van der Waals surface area (Å²) in [4.78, 5) is 19.4. The van der Waals surface area contributed by atoms with Gasteiger partial charge >= 0.3 is 0 Å². The Morgan fingerprint density at radius 1 is 1.32 bits per heavy atom. The van der Waals surface area contributed by atoms with Crippen LogP contribution in [-0.2, 0) is 11.2 Å². The number of amides is 1. The lowest BCUT2D eigenvalue weighted by atomic mass is 10.1. The number of hydrogen-bond acceptors (Lipinski definition) is 4. The molecule has 2 rings (SSSR count). The van der Waals surface area contributed by atoms with Gasteiger partial charge < -0.3 is 11.1 Å². The molecule has 6 heteroatoms. The summed E-state index contributed by atoms with van der Waals surface area (Å²) in [6.45, 7) is 0. The van der Waals surface area contributed by atoms with Gasteiger partial charge in [-0.1, -0.05) is 18.2 Å². The highest BCUT2D eigenvalue weighted by Gasteiger charge is 2.06. The third-order valence-electron chi connectivity index (χ3n) is 2.57. The van der Waals surface area contributed by atoms with E-state index in [9.17, 15) is 4.79 Å². The summed E-state index contributed by atoms with van der Waals surface area (Å²) in [6.07, 6.45) is 2.40. The van der Waals surface area contributed by atoms with Crippen LogP contribution in [0, 0.1) is 0 Å². The van der Waals surface area contributed by atoms with E-state index in [2.05, 4.69) is 15.3 Å². The number of anilines is 2. The molecule has 0 aliphatic carbocycles. The predicted octanol–water partition coefficient (Wildman–Crippen LogP) is 2.28. The van der Waals surface area contributed by atoms with Crippen LogP contribution in [0.5, 0.6) is 0 Å². The molecule has 0 spiro atoms. The Kier molecular flexibility index (Phi) is 4.30. The van der Waals surface area contributed by atoms with Gasteiger partial charge in [0.2, 0.25) is 11.2 Å². The van der Waals surface area contributed by atoms with Crippen LogP contribution in [0.3, 0.4) is 0 Å². The summed E-state index contributed by atoms with van der Waals surface area (Å²) in [6, 6.07) is 9.07. The summed E-state index contributed by atoms with van der Waals surface area (Å²) >= 11 is 5.63. The second-order valence-electron chi connectivity index (χ2n) is 3.96. The minimum atomic E-state index is -0.141. The highest BCUT2D eigenvalue weighted by atomic mass is 35.5. The molecule has 0 aliphatic rings. The van der Waals surface area contributed by atoms with Crippen molar-refractivity contribution in [1.29, 1.82) is 0 Å². The van der Waals surface area contributed by atoms with Crippen LogP contribution < -0.4 is 11.1 Å². The topological polar surface area (TPSA) is 80.9 Å². The lowest BCUT2D eigenvalue weighted by Crippen LogP contribution is -2.13. The van der Waals surface area contributed by atoms with E-state index in [-0.39, 0.29) is 11.2 Å². The number of aryl methyl sites for hydroxylation is 1. The summed E-state index contributed by atoms with van der Waals surface area (Å²) < 4.78 is 0. The number of nitrogens with zero attached hydrogens (tertiary/aromatic N) is 2. The SMILES string of the molecule is Nc1ccccc1CCC(=O)Nc1ccnc(Cl)n1. The third kappa shape index (κ3) is 3.93. The maximum atomic E-state index is 11.8. The van der Waals surface area contributed by atoms with E-state index in [4.69, 9.17) is 17.3 Å². The van der Waals surface area contributed by atoms with Crippen LogP contribution >= 0.6 is 11.6 Å². The van der Waals surface area contributed by atoms with Crippen LogP contribution in [0.25, 0.3) is 0 Å². The van der Waals surface area contributed by atoms with E-state index in [1.165, 1.54) is 6.20 Å². The second-order valence-corrected chi connectivity index (χ2v) is 4.30. The number of nitrogens with one attached hydrogen (secondary N) is 1.